The summed E-state index contributed by atoms with van der Waals surface area (Å²) in [5, 5.41) is 19.7. The van der Waals surface area contributed by atoms with Crippen molar-refractivity contribution < 1.29 is 0 Å². The van der Waals surface area contributed by atoms with Gasteiger partial charge < -0.3 is 0 Å². The van der Waals surface area contributed by atoms with Gasteiger partial charge in [0.1, 0.15) is 0 Å². The van der Waals surface area contributed by atoms with Gasteiger partial charge >= 0.3 is 0 Å². The minimum absolute atomic E-state index is 0.764. The van der Waals surface area contributed by atoms with Gasteiger partial charge in [-0.3, -0.25) is 0 Å². The second-order valence-corrected chi connectivity index (χ2v) is 7.07. The highest BCUT2D eigenvalue weighted by atomic mass is 14.3. The third kappa shape index (κ3) is 4.67. The number of benzene rings is 5. The van der Waals surface area contributed by atoms with Crippen LogP contribution in [0.1, 0.15) is 77.6 Å². The van der Waals surface area contributed by atoms with Crippen LogP contribution < -0.4 is 0 Å². The zero-order valence-corrected chi connectivity index (χ0v) is 22.6. The molecule has 1 nitrogen and oxygen atoms in total. The fourth-order valence-corrected chi connectivity index (χ4v) is 4.64. The summed E-state index contributed by atoms with van der Waals surface area (Å²) in [6, 6.07) is 19.7. The molecule has 0 aliphatic heterocycles. The average molecular weight is 440 g/mol. The van der Waals surface area contributed by atoms with E-state index in [1.54, 1.807) is 0 Å². The van der Waals surface area contributed by atoms with Crippen LogP contribution in [-0.2, 0) is 0 Å². The second kappa shape index (κ2) is 12.8. The second-order valence-electron chi connectivity index (χ2n) is 7.07. The van der Waals surface area contributed by atoms with E-state index in [9.17, 15) is 5.26 Å². The monoisotopic (exact) mass is 439 g/mol. The molecule has 0 amide bonds. The molecule has 5 aromatic rings. The van der Waals surface area contributed by atoms with E-state index >= 15 is 0 Å². The Hall–Kier alpha value is -3.11. The van der Waals surface area contributed by atoms with Crippen LogP contribution in [0.25, 0.3) is 43.1 Å². The summed E-state index contributed by atoms with van der Waals surface area (Å²) in [6.45, 7) is 22.5. The molecule has 0 N–H and O–H groups in total. The van der Waals surface area contributed by atoms with Crippen LogP contribution in [0.4, 0.5) is 0 Å². The van der Waals surface area contributed by atoms with E-state index in [0.717, 1.165) is 10.9 Å². The molecule has 1 heteroatoms. The molecule has 5 aromatic carbocycles. The third-order valence-corrected chi connectivity index (χ3v) is 5.59. The molecule has 33 heavy (non-hydrogen) atoms. The fraction of sp³-hybridized carbons (Fsp3) is 0.344. The van der Waals surface area contributed by atoms with Gasteiger partial charge in [-0.05, 0) is 81.2 Å². The van der Waals surface area contributed by atoms with Crippen LogP contribution in [0, 0.1) is 32.1 Å². The fourth-order valence-electron chi connectivity index (χ4n) is 4.64. The van der Waals surface area contributed by atoms with E-state index < -0.39 is 0 Å². The number of fused-ring (bicyclic) bond motifs is 2. The van der Waals surface area contributed by atoms with E-state index in [0.29, 0.717) is 0 Å². The molecule has 0 bridgehead atoms. The van der Waals surface area contributed by atoms with Gasteiger partial charge in [-0.2, -0.15) is 5.26 Å². The molecule has 0 unspecified atom stereocenters. The normalized spacial score (nSPS) is 9.64. The lowest BCUT2D eigenvalue weighted by atomic mass is 9.84. The lowest BCUT2D eigenvalue weighted by Gasteiger charge is -2.19. The standard InChI is InChI=1S/C24H17N.4C2H6/c1-13-7-10-19-18-6-4-5-16-8-9-17(12-25)23(22(16)18)21-15(3)11-14(2)20(13)24(19)21;4*1-2/h4-11H,1-3H3;4*1-2H3. The lowest BCUT2D eigenvalue weighted by molar-refractivity contribution is 1.43. The molecule has 0 saturated heterocycles. The van der Waals surface area contributed by atoms with E-state index in [-0.39, 0.29) is 0 Å². The minimum Gasteiger partial charge on any atom is -0.192 e. The van der Waals surface area contributed by atoms with Crippen molar-refractivity contribution in [2.45, 2.75) is 76.2 Å². The van der Waals surface area contributed by atoms with Crippen LogP contribution >= 0.6 is 0 Å². The Balaban J connectivity index is 0.000000619. The Morgan fingerprint density at radius 3 is 1.70 bits per heavy atom. The molecule has 0 aliphatic carbocycles. The van der Waals surface area contributed by atoms with Gasteiger partial charge in [0.05, 0.1) is 11.6 Å². The quantitative estimate of drug-likeness (QED) is 0.174. The Morgan fingerprint density at radius 2 is 1.09 bits per heavy atom. The Kier molecular flexibility index (Phi) is 10.8. The van der Waals surface area contributed by atoms with Gasteiger partial charge in [0.15, 0.2) is 0 Å². The molecule has 0 spiro atoms. The van der Waals surface area contributed by atoms with Gasteiger partial charge in [-0.1, -0.05) is 97.9 Å². The van der Waals surface area contributed by atoms with E-state index in [4.69, 9.17) is 0 Å². The summed E-state index contributed by atoms with van der Waals surface area (Å²) >= 11 is 0. The molecule has 174 valence electrons. The first-order chi connectivity index (χ1) is 16.1. The van der Waals surface area contributed by atoms with Crippen LogP contribution in [-0.4, -0.2) is 0 Å². The molecular weight excluding hydrogens is 398 g/mol. The van der Waals surface area contributed by atoms with Crippen LogP contribution in [0.5, 0.6) is 0 Å². The highest BCUT2D eigenvalue weighted by Gasteiger charge is 2.18. The van der Waals surface area contributed by atoms with Crippen molar-refractivity contribution in [2.75, 3.05) is 0 Å². The summed E-state index contributed by atoms with van der Waals surface area (Å²) in [5.74, 6) is 0. The number of nitrogens with zero attached hydrogens (tertiary/aromatic N) is 1. The number of hydrogen-bond donors (Lipinski definition) is 0. The molecule has 0 atom stereocenters. The van der Waals surface area contributed by atoms with Crippen LogP contribution in [0.3, 0.4) is 0 Å². The molecular formula is C32H41N. The van der Waals surface area contributed by atoms with E-state index in [1.807, 2.05) is 61.5 Å². The van der Waals surface area contributed by atoms with Crippen LogP contribution in [0.2, 0.25) is 0 Å². The topological polar surface area (TPSA) is 23.8 Å². The van der Waals surface area contributed by atoms with Crippen LogP contribution in [0.15, 0.2) is 48.5 Å². The van der Waals surface area contributed by atoms with Gasteiger partial charge in [-0.25, -0.2) is 0 Å². The molecule has 0 saturated carbocycles. The first-order valence-corrected chi connectivity index (χ1v) is 12.6. The number of hydrogen-bond acceptors (Lipinski definition) is 1. The summed E-state index contributed by atoms with van der Waals surface area (Å²) in [5.41, 5.74) is 4.61. The summed E-state index contributed by atoms with van der Waals surface area (Å²) in [4.78, 5) is 0. The third-order valence-electron chi connectivity index (χ3n) is 5.59. The summed E-state index contributed by atoms with van der Waals surface area (Å²) in [6.07, 6.45) is 0. The molecule has 0 radical (unpaired) electrons. The SMILES string of the molecule is CC.CC.CC.CC.Cc1ccc2c3cccc4ccc(C#N)c(c5c(C)cc(C)c1c25)c43. The summed E-state index contributed by atoms with van der Waals surface area (Å²) < 4.78 is 0. The van der Waals surface area contributed by atoms with Gasteiger partial charge in [0, 0.05) is 5.39 Å². The number of nitriles is 1. The average Bonchev–Trinajstić information content (AvgIpc) is 2.88. The maximum Gasteiger partial charge on any atom is 0.0998 e. The van der Waals surface area contributed by atoms with Crippen molar-refractivity contribution in [2.24, 2.45) is 0 Å². The zero-order valence-electron chi connectivity index (χ0n) is 22.6. The predicted molar refractivity (Wildman–Crippen MR) is 152 cm³/mol. The molecule has 0 heterocycles. The van der Waals surface area contributed by atoms with Crippen molar-refractivity contribution in [3.05, 3.63) is 70.8 Å². The predicted octanol–water partition coefficient (Wildman–Crippen LogP) is 10.6. The minimum atomic E-state index is 0.764. The Labute approximate surface area is 201 Å². The maximum absolute atomic E-state index is 9.78. The van der Waals surface area contributed by atoms with Crippen molar-refractivity contribution >= 4 is 43.1 Å². The Morgan fingerprint density at radius 1 is 0.515 bits per heavy atom. The van der Waals surface area contributed by atoms with Crippen molar-refractivity contribution in [1.29, 1.82) is 5.26 Å². The highest BCUT2D eigenvalue weighted by molar-refractivity contribution is 6.35. The molecule has 0 aliphatic rings. The van der Waals surface area contributed by atoms with Gasteiger partial charge in [0.25, 0.3) is 0 Å². The van der Waals surface area contributed by atoms with Crippen molar-refractivity contribution in [1.82, 2.24) is 0 Å². The van der Waals surface area contributed by atoms with Crippen molar-refractivity contribution in [3.8, 4) is 6.07 Å². The summed E-state index contributed by atoms with van der Waals surface area (Å²) in [7, 11) is 0. The van der Waals surface area contributed by atoms with E-state index in [2.05, 4.69) is 69.3 Å². The zero-order chi connectivity index (χ0) is 25.3. The number of aryl methyl sites for hydroxylation is 3. The van der Waals surface area contributed by atoms with Gasteiger partial charge in [0.2, 0.25) is 0 Å². The first-order valence-electron chi connectivity index (χ1n) is 12.6. The maximum atomic E-state index is 9.78. The lowest BCUT2D eigenvalue weighted by Crippen LogP contribution is -1.94. The first kappa shape index (κ1) is 27.9. The Bertz CT molecular complexity index is 1370. The van der Waals surface area contributed by atoms with E-state index in [1.165, 1.54) is 54.4 Å². The smallest absolute Gasteiger partial charge is 0.0998 e. The largest absolute Gasteiger partial charge is 0.192 e. The molecule has 0 aromatic heterocycles. The van der Waals surface area contributed by atoms with Gasteiger partial charge in [-0.15, -0.1) is 0 Å². The highest BCUT2D eigenvalue weighted by Crippen LogP contribution is 2.44. The molecule has 0 fully saturated rings. The van der Waals surface area contributed by atoms with Crippen molar-refractivity contribution in [3.63, 3.8) is 0 Å². The number of rotatable bonds is 0. The molecule has 5 rings (SSSR count).